The molecule has 1 aliphatic rings. The lowest BCUT2D eigenvalue weighted by Gasteiger charge is -2.26. The Kier molecular flexibility index (Phi) is 4.58. The molecule has 0 aliphatic carbocycles. The van der Waals surface area contributed by atoms with Crippen molar-refractivity contribution in [3.8, 4) is 0 Å². The summed E-state index contributed by atoms with van der Waals surface area (Å²) in [6, 6.07) is 0. The molecule has 0 bridgehead atoms. The largest absolute Gasteiger partial charge is 0.374 e. The molecule has 1 heterocycles. The molecule has 3 nitrogen and oxygen atoms in total. The summed E-state index contributed by atoms with van der Waals surface area (Å²) in [5, 5.41) is 3.31. The van der Waals surface area contributed by atoms with E-state index in [1.54, 1.807) is 0 Å². The van der Waals surface area contributed by atoms with Gasteiger partial charge in [-0.05, 0) is 32.4 Å². The molecule has 0 spiro atoms. The second-order valence-corrected chi connectivity index (χ2v) is 3.35. The smallest absolute Gasteiger partial charge is 0.0698 e. The fourth-order valence-electron chi connectivity index (χ4n) is 1.52. The summed E-state index contributed by atoms with van der Waals surface area (Å²) in [5.41, 5.74) is 5.56. The van der Waals surface area contributed by atoms with Crippen LogP contribution in [0.3, 0.4) is 0 Å². The van der Waals surface area contributed by atoms with Gasteiger partial charge in [-0.1, -0.05) is 6.92 Å². The molecule has 1 aliphatic heterocycles. The maximum Gasteiger partial charge on any atom is 0.0698 e. The van der Waals surface area contributed by atoms with Crippen LogP contribution in [-0.2, 0) is 4.74 Å². The van der Waals surface area contributed by atoms with Gasteiger partial charge in [0.2, 0.25) is 0 Å². The molecule has 0 saturated carbocycles. The maximum atomic E-state index is 5.82. The van der Waals surface area contributed by atoms with E-state index in [2.05, 4.69) is 12.2 Å². The van der Waals surface area contributed by atoms with E-state index in [9.17, 15) is 0 Å². The number of ether oxygens (including phenoxy) is 1. The highest BCUT2D eigenvalue weighted by molar-refractivity contribution is 4.70. The number of nitrogens with two attached hydrogens (primary N) is 1. The van der Waals surface area contributed by atoms with Gasteiger partial charge in [-0.2, -0.15) is 0 Å². The fraction of sp³-hybridized carbons (Fsp3) is 1.00. The predicted molar refractivity (Wildman–Crippen MR) is 50.1 cm³/mol. The van der Waals surface area contributed by atoms with Crippen LogP contribution >= 0.6 is 0 Å². The van der Waals surface area contributed by atoms with Gasteiger partial charge in [-0.3, -0.25) is 0 Å². The molecule has 3 heteroatoms. The molecule has 12 heavy (non-hydrogen) atoms. The Labute approximate surface area is 74.7 Å². The monoisotopic (exact) mass is 172 g/mol. The number of piperidine rings is 1. The maximum absolute atomic E-state index is 5.82. The van der Waals surface area contributed by atoms with Gasteiger partial charge in [0.15, 0.2) is 0 Å². The molecule has 1 atom stereocenters. The Morgan fingerprint density at radius 3 is 2.67 bits per heavy atom. The van der Waals surface area contributed by atoms with Gasteiger partial charge < -0.3 is 15.8 Å². The number of rotatable bonds is 4. The Morgan fingerprint density at radius 2 is 2.17 bits per heavy atom. The van der Waals surface area contributed by atoms with E-state index in [1.807, 2.05) is 0 Å². The van der Waals surface area contributed by atoms with Crippen molar-refractivity contribution in [3.63, 3.8) is 0 Å². The molecule has 3 N–H and O–H groups in total. The standard InChI is InChI=1S/C9H20N2O/c1-2-8(7-10)12-9-3-5-11-6-4-9/h8-9,11H,2-7,10H2,1H3. The first kappa shape index (κ1) is 9.96. The van der Waals surface area contributed by atoms with E-state index in [0.29, 0.717) is 12.6 Å². The SMILES string of the molecule is CCC(CN)OC1CCNCC1. The lowest BCUT2D eigenvalue weighted by Crippen LogP contribution is -2.36. The second kappa shape index (κ2) is 5.51. The minimum Gasteiger partial charge on any atom is -0.374 e. The first-order valence-electron chi connectivity index (χ1n) is 4.93. The summed E-state index contributed by atoms with van der Waals surface area (Å²) in [4.78, 5) is 0. The van der Waals surface area contributed by atoms with Crippen LogP contribution in [0, 0.1) is 0 Å². The van der Waals surface area contributed by atoms with Gasteiger partial charge in [-0.25, -0.2) is 0 Å². The van der Waals surface area contributed by atoms with Gasteiger partial charge >= 0.3 is 0 Å². The molecular formula is C9H20N2O. The average Bonchev–Trinajstić information content (AvgIpc) is 2.16. The highest BCUT2D eigenvalue weighted by atomic mass is 16.5. The van der Waals surface area contributed by atoms with Crippen molar-refractivity contribution >= 4 is 0 Å². The van der Waals surface area contributed by atoms with E-state index in [4.69, 9.17) is 10.5 Å². The summed E-state index contributed by atoms with van der Waals surface area (Å²) in [6.07, 6.45) is 4.01. The number of nitrogens with one attached hydrogen (secondary N) is 1. The van der Waals surface area contributed by atoms with Crippen LogP contribution in [0.5, 0.6) is 0 Å². The van der Waals surface area contributed by atoms with Crippen molar-refractivity contribution in [3.05, 3.63) is 0 Å². The van der Waals surface area contributed by atoms with Crippen molar-refractivity contribution in [1.29, 1.82) is 0 Å². The fourth-order valence-corrected chi connectivity index (χ4v) is 1.52. The van der Waals surface area contributed by atoms with Gasteiger partial charge in [0.05, 0.1) is 12.2 Å². The molecule has 1 unspecified atom stereocenters. The highest BCUT2D eigenvalue weighted by Crippen LogP contribution is 2.10. The van der Waals surface area contributed by atoms with Crippen LogP contribution in [0.2, 0.25) is 0 Å². The van der Waals surface area contributed by atoms with E-state index in [-0.39, 0.29) is 6.10 Å². The molecule has 72 valence electrons. The first-order valence-corrected chi connectivity index (χ1v) is 4.93. The number of hydrogen-bond acceptors (Lipinski definition) is 3. The van der Waals surface area contributed by atoms with Crippen LogP contribution < -0.4 is 11.1 Å². The van der Waals surface area contributed by atoms with Crippen molar-refractivity contribution in [2.24, 2.45) is 5.73 Å². The zero-order valence-electron chi connectivity index (χ0n) is 7.88. The topological polar surface area (TPSA) is 47.3 Å². The van der Waals surface area contributed by atoms with E-state index in [1.165, 1.54) is 0 Å². The van der Waals surface area contributed by atoms with Gasteiger partial charge in [-0.15, -0.1) is 0 Å². The van der Waals surface area contributed by atoms with E-state index >= 15 is 0 Å². The molecule has 1 saturated heterocycles. The predicted octanol–water partition coefficient (Wildman–Crippen LogP) is 0.492. The molecule has 0 aromatic heterocycles. The summed E-state index contributed by atoms with van der Waals surface area (Å²) < 4.78 is 5.82. The number of hydrogen-bond donors (Lipinski definition) is 2. The Hall–Kier alpha value is -0.120. The normalized spacial score (nSPS) is 22.5. The third-order valence-corrected chi connectivity index (χ3v) is 2.39. The third kappa shape index (κ3) is 3.09. The summed E-state index contributed by atoms with van der Waals surface area (Å²) >= 11 is 0. The first-order chi connectivity index (χ1) is 5.86. The molecule has 0 radical (unpaired) electrons. The molecule has 1 fully saturated rings. The second-order valence-electron chi connectivity index (χ2n) is 3.35. The van der Waals surface area contributed by atoms with Crippen LogP contribution in [-0.4, -0.2) is 31.8 Å². The average molecular weight is 172 g/mol. The zero-order valence-corrected chi connectivity index (χ0v) is 7.88. The molecule has 0 aromatic rings. The Bertz CT molecular complexity index is 109. The lowest BCUT2D eigenvalue weighted by molar-refractivity contribution is -0.0231. The van der Waals surface area contributed by atoms with Gasteiger partial charge in [0, 0.05) is 6.54 Å². The minimum atomic E-state index is 0.271. The van der Waals surface area contributed by atoms with Crippen LogP contribution in [0.15, 0.2) is 0 Å². The van der Waals surface area contributed by atoms with Crippen molar-refractivity contribution in [1.82, 2.24) is 5.32 Å². The van der Waals surface area contributed by atoms with Crippen LogP contribution in [0.25, 0.3) is 0 Å². The quantitative estimate of drug-likeness (QED) is 0.649. The van der Waals surface area contributed by atoms with E-state index in [0.717, 1.165) is 32.4 Å². The summed E-state index contributed by atoms with van der Waals surface area (Å²) in [5.74, 6) is 0. The van der Waals surface area contributed by atoms with Crippen LogP contribution in [0.1, 0.15) is 26.2 Å². The van der Waals surface area contributed by atoms with Crippen LogP contribution in [0.4, 0.5) is 0 Å². The zero-order chi connectivity index (χ0) is 8.81. The lowest BCUT2D eigenvalue weighted by atomic mass is 10.1. The van der Waals surface area contributed by atoms with Crippen molar-refractivity contribution < 1.29 is 4.74 Å². The summed E-state index contributed by atoms with van der Waals surface area (Å²) in [6.45, 7) is 4.95. The summed E-state index contributed by atoms with van der Waals surface area (Å²) in [7, 11) is 0. The minimum absolute atomic E-state index is 0.271. The van der Waals surface area contributed by atoms with E-state index < -0.39 is 0 Å². The molecule has 1 rings (SSSR count). The highest BCUT2D eigenvalue weighted by Gasteiger charge is 2.16. The van der Waals surface area contributed by atoms with Gasteiger partial charge in [0.1, 0.15) is 0 Å². The third-order valence-electron chi connectivity index (χ3n) is 2.39. The molecular weight excluding hydrogens is 152 g/mol. The molecule has 0 aromatic carbocycles. The van der Waals surface area contributed by atoms with Crippen molar-refractivity contribution in [2.45, 2.75) is 38.4 Å². The Morgan fingerprint density at radius 1 is 1.50 bits per heavy atom. The molecule has 0 amide bonds. The van der Waals surface area contributed by atoms with Gasteiger partial charge in [0.25, 0.3) is 0 Å². The van der Waals surface area contributed by atoms with Crippen molar-refractivity contribution in [2.75, 3.05) is 19.6 Å². The Balaban J connectivity index is 2.18.